The number of hydrogen-bond donors (Lipinski definition) is 1. The monoisotopic (exact) mass is 619 g/mol. The number of benzene rings is 1. The first kappa shape index (κ1) is 29.9. The highest BCUT2D eigenvalue weighted by Crippen LogP contribution is 3.02. The number of nitrogens with one attached hydrogen (secondary N) is 1. The number of fused-ring (bicyclic) bond motifs is 1. The molecule has 1 aromatic carbocycles. The lowest BCUT2D eigenvalue weighted by molar-refractivity contribution is -0.133. The quantitative estimate of drug-likeness (QED) is 0.283. The molecule has 4 atom stereocenters. The van der Waals surface area contributed by atoms with Crippen molar-refractivity contribution in [1.82, 2.24) is 15.2 Å². The molecular weight excluding hydrogens is 591 g/mol. The molecule has 228 valence electrons. The number of pyridine rings is 1. The Morgan fingerprint density at radius 2 is 1.76 bits per heavy atom. The maximum Gasteiger partial charge on any atom is 0.310 e. The Morgan fingerprint density at radius 1 is 1.12 bits per heavy atom. The number of piperidine rings is 1. The molecular formula is C27H28F7N5O2S. The standard InChI is InChI=1S/C27H28F7N5O2S/c1-26(18-3-2-12-36-14-18,25(41)37-19-8-10-27(28,29)11-9-19)39(24(40)23-22-13-17(22)15-38(23)16-35)20-4-6-21(7-5-20)42(30,31,32,33)34/h2-7,12,14,17,19,22-23H,8-11,13,15H2,1H3,(H,37,41). The number of halogens is 7. The van der Waals surface area contributed by atoms with E-state index in [9.17, 15) is 43.1 Å². The number of likely N-dealkylation sites (tertiary alicyclic amines) is 1. The average molecular weight is 620 g/mol. The molecule has 1 N–H and O–H groups in total. The van der Waals surface area contributed by atoms with Gasteiger partial charge in [-0.3, -0.25) is 24.4 Å². The van der Waals surface area contributed by atoms with Gasteiger partial charge in [-0.05, 0) is 68.4 Å². The van der Waals surface area contributed by atoms with Crippen LogP contribution in [0.5, 0.6) is 0 Å². The molecule has 2 amide bonds. The van der Waals surface area contributed by atoms with Gasteiger partial charge in [-0.2, -0.15) is 5.26 Å². The maximum absolute atomic E-state index is 14.3. The molecule has 4 unspecified atom stereocenters. The number of hydrogen-bond acceptors (Lipinski definition) is 5. The van der Waals surface area contributed by atoms with Crippen molar-refractivity contribution in [3.63, 3.8) is 0 Å². The Hall–Kier alpha value is -3.54. The van der Waals surface area contributed by atoms with E-state index in [1.54, 1.807) is 0 Å². The van der Waals surface area contributed by atoms with E-state index in [1.807, 2.05) is 6.19 Å². The minimum atomic E-state index is -10.1. The molecule has 2 heterocycles. The molecule has 7 nitrogen and oxygen atoms in total. The zero-order valence-electron chi connectivity index (χ0n) is 22.3. The van der Waals surface area contributed by atoms with Crippen LogP contribution in [0.4, 0.5) is 33.9 Å². The number of rotatable bonds is 7. The summed E-state index contributed by atoms with van der Waals surface area (Å²) in [6.45, 7) is 1.60. The van der Waals surface area contributed by atoms with Crippen molar-refractivity contribution in [2.24, 2.45) is 11.8 Å². The molecule has 2 aliphatic carbocycles. The molecule has 0 bridgehead atoms. The van der Waals surface area contributed by atoms with Crippen LogP contribution in [-0.4, -0.2) is 46.2 Å². The number of nitrogens with zero attached hydrogens (tertiary/aromatic N) is 4. The zero-order chi connectivity index (χ0) is 30.8. The summed E-state index contributed by atoms with van der Waals surface area (Å²) in [6.07, 6.45) is 4.20. The molecule has 1 aromatic heterocycles. The van der Waals surface area contributed by atoms with Crippen molar-refractivity contribution in [1.29, 1.82) is 5.26 Å². The van der Waals surface area contributed by atoms with E-state index < -0.39 is 63.3 Å². The van der Waals surface area contributed by atoms with Gasteiger partial charge in [0, 0.05) is 49.1 Å². The van der Waals surface area contributed by atoms with Crippen LogP contribution >= 0.6 is 10.2 Å². The second kappa shape index (κ2) is 9.23. The topological polar surface area (TPSA) is 89.3 Å². The first-order valence-electron chi connectivity index (χ1n) is 13.3. The van der Waals surface area contributed by atoms with Crippen molar-refractivity contribution in [2.75, 3.05) is 11.4 Å². The van der Waals surface area contributed by atoms with Crippen LogP contribution in [0.25, 0.3) is 0 Å². The number of alkyl halides is 2. The summed E-state index contributed by atoms with van der Waals surface area (Å²) in [7, 11) is -10.1. The Balaban J connectivity index is 1.62. The third-order valence-corrected chi connectivity index (χ3v) is 9.62. The Kier molecular flexibility index (Phi) is 6.58. The summed E-state index contributed by atoms with van der Waals surface area (Å²) >= 11 is 0. The van der Waals surface area contributed by atoms with Crippen molar-refractivity contribution >= 4 is 27.7 Å². The lowest BCUT2D eigenvalue weighted by atomic mass is 9.86. The average Bonchev–Trinajstić information content (AvgIpc) is 3.58. The van der Waals surface area contributed by atoms with E-state index in [1.165, 1.54) is 36.4 Å². The minimum Gasteiger partial charge on any atom is -0.351 e. The van der Waals surface area contributed by atoms with Crippen LogP contribution in [0, 0.1) is 23.3 Å². The van der Waals surface area contributed by atoms with Gasteiger partial charge in [-0.25, -0.2) is 8.78 Å². The molecule has 0 spiro atoms. The van der Waals surface area contributed by atoms with Gasteiger partial charge >= 0.3 is 10.2 Å². The Labute approximate surface area is 237 Å². The van der Waals surface area contributed by atoms with Gasteiger partial charge in [0.05, 0.1) is 0 Å². The SMILES string of the molecule is CC(C(=O)NC1CCC(F)(F)CC1)(c1cccnc1)N(C(=O)C1C2CC2CN1C#N)c1ccc(S(F)(F)(F)(F)F)cc1. The van der Waals surface area contributed by atoms with Crippen LogP contribution in [0.3, 0.4) is 0 Å². The highest BCUT2D eigenvalue weighted by molar-refractivity contribution is 8.45. The van der Waals surface area contributed by atoms with E-state index in [0.29, 0.717) is 18.6 Å². The summed E-state index contributed by atoms with van der Waals surface area (Å²) in [5.41, 5.74) is -2.21. The van der Waals surface area contributed by atoms with E-state index in [-0.39, 0.29) is 54.6 Å². The third-order valence-electron chi connectivity index (χ3n) is 8.46. The molecule has 1 aliphatic heterocycles. The van der Waals surface area contributed by atoms with Gasteiger partial charge in [0.1, 0.15) is 10.9 Å². The number of carbonyl (C=O) groups is 2. The summed E-state index contributed by atoms with van der Waals surface area (Å²) in [6, 6.07) is 2.87. The lowest BCUT2D eigenvalue weighted by Crippen LogP contribution is -2.62. The van der Waals surface area contributed by atoms with Gasteiger partial charge < -0.3 is 5.32 Å². The van der Waals surface area contributed by atoms with Gasteiger partial charge in [0.25, 0.3) is 11.8 Å². The number of aromatic nitrogens is 1. The predicted molar refractivity (Wildman–Crippen MR) is 140 cm³/mol. The second-order valence-corrected chi connectivity index (χ2v) is 13.8. The Morgan fingerprint density at radius 3 is 2.31 bits per heavy atom. The molecule has 15 heteroatoms. The van der Waals surface area contributed by atoms with Crippen molar-refractivity contribution in [3.8, 4) is 6.19 Å². The molecule has 3 fully saturated rings. The van der Waals surface area contributed by atoms with Crippen LogP contribution in [-0.2, 0) is 15.1 Å². The van der Waals surface area contributed by atoms with Crippen molar-refractivity contribution in [3.05, 3.63) is 54.4 Å². The van der Waals surface area contributed by atoms with E-state index in [4.69, 9.17) is 0 Å². The molecule has 5 rings (SSSR count). The molecule has 42 heavy (non-hydrogen) atoms. The van der Waals surface area contributed by atoms with E-state index >= 15 is 0 Å². The largest absolute Gasteiger partial charge is 0.351 e. The zero-order valence-corrected chi connectivity index (χ0v) is 23.1. The number of anilines is 1. The lowest BCUT2D eigenvalue weighted by Gasteiger charge is -2.44. The van der Waals surface area contributed by atoms with E-state index in [2.05, 4.69) is 10.3 Å². The molecule has 2 aromatic rings. The van der Waals surface area contributed by atoms with Crippen molar-refractivity contribution in [2.45, 2.75) is 67.5 Å². The van der Waals surface area contributed by atoms with Crippen molar-refractivity contribution < 1.29 is 37.8 Å². The molecule has 2 saturated carbocycles. The van der Waals surface area contributed by atoms with Crippen LogP contribution in [0.15, 0.2) is 53.7 Å². The van der Waals surface area contributed by atoms with Crippen LogP contribution in [0.2, 0.25) is 0 Å². The van der Waals surface area contributed by atoms with Gasteiger partial charge in [0.2, 0.25) is 5.92 Å². The smallest absolute Gasteiger partial charge is 0.310 e. The number of carbonyl (C=O) groups excluding carboxylic acids is 2. The second-order valence-electron chi connectivity index (χ2n) is 11.4. The highest BCUT2D eigenvalue weighted by Gasteiger charge is 2.65. The molecule has 0 radical (unpaired) electrons. The van der Waals surface area contributed by atoms with Gasteiger partial charge in [-0.15, -0.1) is 0 Å². The molecule has 1 saturated heterocycles. The Bertz CT molecular complexity index is 1430. The summed E-state index contributed by atoms with van der Waals surface area (Å²) in [5.74, 6) is -4.71. The highest BCUT2D eigenvalue weighted by atomic mass is 32.5. The minimum absolute atomic E-state index is 0.0401. The van der Waals surface area contributed by atoms with Gasteiger partial charge in [-0.1, -0.05) is 25.5 Å². The first-order valence-corrected chi connectivity index (χ1v) is 15.2. The number of nitriles is 1. The van der Waals surface area contributed by atoms with Crippen LogP contribution < -0.4 is 10.2 Å². The summed E-state index contributed by atoms with van der Waals surface area (Å²) in [4.78, 5) is 32.4. The first-order chi connectivity index (χ1) is 19.3. The fourth-order valence-electron chi connectivity index (χ4n) is 6.00. The molecule has 3 aliphatic rings. The normalized spacial score (nSPS) is 26.5. The maximum atomic E-state index is 14.3. The summed E-state index contributed by atoms with van der Waals surface area (Å²) < 4.78 is 95.2. The predicted octanol–water partition coefficient (Wildman–Crippen LogP) is 6.48. The summed E-state index contributed by atoms with van der Waals surface area (Å²) in [5, 5.41) is 12.4. The number of amides is 2. The van der Waals surface area contributed by atoms with Gasteiger partial charge in [0.15, 0.2) is 11.7 Å². The van der Waals surface area contributed by atoms with E-state index in [0.717, 1.165) is 4.90 Å². The van der Waals surface area contributed by atoms with Crippen LogP contribution in [0.1, 0.15) is 44.6 Å². The third kappa shape index (κ3) is 5.60. The fraction of sp³-hybridized carbons (Fsp3) is 0.481. The fourth-order valence-corrected chi connectivity index (χ4v) is 6.65.